The number of hydrogen-bond donors (Lipinski definition) is 4. The molecule has 0 saturated heterocycles. The minimum absolute atomic E-state index is 0.411. The predicted molar refractivity (Wildman–Crippen MR) is 112 cm³/mol. The molecule has 4 N–H and O–H groups in total. The second-order valence-corrected chi connectivity index (χ2v) is 6.23. The van der Waals surface area contributed by atoms with Crippen LogP contribution in [0, 0.1) is 13.8 Å². The van der Waals surface area contributed by atoms with Crippen LogP contribution in [-0.2, 0) is 0 Å². The summed E-state index contributed by atoms with van der Waals surface area (Å²) >= 11 is 10.5. The molecule has 2 aromatic carbocycles. The van der Waals surface area contributed by atoms with Gasteiger partial charge in [0.05, 0.1) is 6.61 Å². The Bertz CT molecular complexity index is 747. The topological polar surface area (TPSA) is 57.4 Å². The van der Waals surface area contributed by atoms with Gasteiger partial charge in [0, 0.05) is 11.4 Å². The molecule has 5 nitrogen and oxygen atoms in total. The van der Waals surface area contributed by atoms with Gasteiger partial charge >= 0.3 is 0 Å². The number of aryl methyl sites for hydroxylation is 2. The highest BCUT2D eigenvalue weighted by Gasteiger charge is 2.02. The van der Waals surface area contributed by atoms with Crippen molar-refractivity contribution >= 4 is 46.0 Å². The average molecular weight is 375 g/mol. The van der Waals surface area contributed by atoms with Crippen LogP contribution in [-0.4, -0.2) is 16.8 Å². The van der Waals surface area contributed by atoms with E-state index in [1.807, 2.05) is 49.4 Å². The summed E-state index contributed by atoms with van der Waals surface area (Å²) in [4.78, 5) is 0. The van der Waals surface area contributed by atoms with E-state index >= 15 is 0 Å². The first-order chi connectivity index (χ1) is 12.0. The van der Waals surface area contributed by atoms with Gasteiger partial charge in [-0.15, -0.1) is 0 Å². The molecule has 2 aromatic rings. The molecule has 0 aliphatic carbocycles. The lowest BCUT2D eigenvalue weighted by Crippen LogP contribution is -2.45. The number of hydrazine groups is 1. The molecule has 2 rings (SSSR count). The number of rotatable bonds is 4. The molecule has 0 unspecified atom stereocenters. The van der Waals surface area contributed by atoms with Crippen LogP contribution in [0.15, 0.2) is 42.5 Å². The maximum absolute atomic E-state index is 5.40. The Morgan fingerprint density at radius 3 is 1.96 bits per heavy atom. The molecule has 0 radical (unpaired) electrons. The largest absolute Gasteiger partial charge is 0.494 e. The lowest BCUT2D eigenvalue weighted by molar-refractivity contribution is 0.340. The number of nitrogens with one attached hydrogen (secondary N) is 4. The van der Waals surface area contributed by atoms with Crippen LogP contribution < -0.4 is 26.2 Å². The quantitative estimate of drug-likeness (QED) is 0.478. The molecule has 0 spiro atoms. The zero-order valence-corrected chi connectivity index (χ0v) is 16.1. The Hall–Kier alpha value is -2.38. The van der Waals surface area contributed by atoms with Crippen molar-refractivity contribution < 1.29 is 4.74 Å². The first kappa shape index (κ1) is 19.0. The van der Waals surface area contributed by atoms with Gasteiger partial charge in [0.2, 0.25) is 0 Å². The predicted octanol–water partition coefficient (Wildman–Crippen LogP) is 3.89. The fourth-order valence-corrected chi connectivity index (χ4v) is 2.40. The number of thiocarbonyl (C=S) groups is 2. The van der Waals surface area contributed by atoms with Gasteiger partial charge in [-0.3, -0.25) is 10.9 Å². The summed E-state index contributed by atoms with van der Waals surface area (Å²) in [5.41, 5.74) is 9.93. The van der Waals surface area contributed by atoms with E-state index in [4.69, 9.17) is 29.2 Å². The standard InChI is InChI=1S/C18H22N4OS2/c1-4-23-16-9-7-14(8-10-16)19-17(24)21-22-18(25)20-15-6-5-12(2)13(3)11-15/h5-11H,4H2,1-3H3,(H2,19,21,24)(H2,20,22,25). The number of hydrogen-bond acceptors (Lipinski definition) is 3. The summed E-state index contributed by atoms with van der Waals surface area (Å²) in [5, 5.41) is 7.01. The van der Waals surface area contributed by atoms with Crippen LogP contribution in [0.2, 0.25) is 0 Å². The second kappa shape index (κ2) is 9.19. The summed E-state index contributed by atoms with van der Waals surface area (Å²) in [6, 6.07) is 13.6. The van der Waals surface area contributed by atoms with Gasteiger partial charge in [-0.25, -0.2) is 0 Å². The van der Waals surface area contributed by atoms with E-state index in [1.54, 1.807) is 0 Å². The van der Waals surface area contributed by atoms with Gasteiger partial charge in [0.25, 0.3) is 0 Å². The summed E-state index contributed by atoms with van der Waals surface area (Å²) in [5.74, 6) is 0.823. The highest BCUT2D eigenvalue weighted by atomic mass is 32.1. The van der Waals surface area contributed by atoms with Crippen LogP contribution in [0.1, 0.15) is 18.1 Å². The Kier molecular flexibility index (Phi) is 6.97. The van der Waals surface area contributed by atoms with E-state index in [0.29, 0.717) is 16.8 Å². The van der Waals surface area contributed by atoms with Crippen LogP contribution in [0.25, 0.3) is 0 Å². The van der Waals surface area contributed by atoms with E-state index in [1.165, 1.54) is 11.1 Å². The molecule has 0 bridgehead atoms. The number of ether oxygens (including phenoxy) is 1. The number of anilines is 2. The maximum atomic E-state index is 5.40. The Balaban J connectivity index is 1.78. The van der Waals surface area contributed by atoms with E-state index in [9.17, 15) is 0 Å². The van der Waals surface area contributed by atoms with Crippen LogP contribution in [0.5, 0.6) is 5.75 Å². The van der Waals surface area contributed by atoms with E-state index in [2.05, 4.69) is 35.3 Å². The maximum Gasteiger partial charge on any atom is 0.189 e. The van der Waals surface area contributed by atoms with Gasteiger partial charge in [0.15, 0.2) is 10.2 Å². The molecule has 0 heterocycles. The third kappa shape index (κ3) is 6.21. The molecule has 7 heteroatoms. The molecule has 0 saturated carbocycles. The SMILES string of the molecule is CCOc1ccc(NC(=S)NNC(=S)Nc2ccc(C)c(C)c2)cc1. The van der Waals surface area contributed by atoms with Crippen molar-refractivity contribution in [1.82, 2.24) is 10.9 Å². The fourth-order valence-electron chi connectivity index (χ4n) is 2.06. The Morgan fingerprint density at radius 1 is 0.840 bits per heavy atom. The van der Waals surface area contributed by atoms with Gasteiger partial charge in [-0.1, -0.05) is 6.07 Å². The van der Waals surface area contributed by atoms with Gasteiger partial charge in [-0.05, 0) is 92.7 Å². The molecule has 132 valence electrons. The van der Waals surface area contributed by atoms with Gasteiger partial charge in [0.1, 0.15) is 5.75 Å². The molecule has 0 aliphatic rings. The molecule has 0 atom stereocenters. The highest BCUT2D eigenvalue weighted by Crippen LogP contribution is 2.15. The van der Waals surface area contributed by atoms with Crippen molar-refractivity contribution in [3.63, 3.8) is 0 Å². The third-order valence-corrected chi connectivity index (χ3v) is 3.89. The zero-order valence-electron chi connectivity index (χ0n) is 14.5. The minimum Gasteiger partial charge on any atom is -0.494 e. The number of benzene rings is 2. The van der Waals surface area contributed by atoms with Gasteiger partial charge < -0.3 is 15.4 Å². The van der Waals surface area contributed by atoms with E-state index < -0.39 is 0 Å². The lowest BCUT2D eigenvalue weighted by Gasteiger charge is -2.15. The normalized spacial score (nSPS) is 9.88. The van der Waals surface area contributed by atoms with Crippen molar-refractivity contribution in [3.8, 4) is 5.75 Å². The molecule has 0 aliphatic heterocycles. The molecule has 0 fully saturated rings. The molecular formula is C18H22N4OS2. The first-order valence-corrected chi connectivity index (χ1v) is 8.73. The van der Waals surface area contributed by atoms with Crippen molar-refractivity contribution in [3.05, 3.63) is 53.6 Å². The fraction of sp³-hybridized carbons (Fsp3) is 0.222. The Labute approximate surface area is 159 Å². The average Bonchev–Trinajstić information content (AvgIpc) is 2.58. The van der Waals surface area contributed by atoms with Crippen molar-refractivity contribution in [2.45, 2.75) is 20.8 Å². The summed E-state index contributed by atoms with van der Waals surface area (Å²) < 4.78 is 5.40. The smallest absolute Gasteiger partial charge is 0.189 e. The zero-order chi connectivity index (χ0) is 18.2. The first-order valence-electron chi connectivity index (χ1n) is 7.92. The van der Waals surface area contributed by atoms with Crippen LogP contribution in [0.3, 0.4) is 0 Å². The van der Waals surface area contributed by atoms with Crippen molar-refractivity contribution in [1.29, 1.82) is 0 Å². The monoisotopic (exact) mass is 374 g/mol. The van der Waals surface area contributed by atoms with Gasteiger partial charge in [-0.2, -0.15) is 0 Å². The van der Waals surface area contributed by atoms with E-state index in [0.717, 1.165) is 17.1 Å². The summed E-state index contributed by atoms with van der Waals surface area (Å²) in [7, 11) is 0. The summed E-state index contributed by atoms with van der Waals surface area (Å²) in [6.07, 6.45) is 0. The third-order valence-electron chi connectivity index (χ3n) is 3.48. The molecule has 0 aromatic heterocycles. The Morgan fingerprint density at radius 2 is 1.40 bits per heavy atom. The van der Waals surface area contributed by atoms with Crippen LogP contribution >= 0.6 is 24.4 Å². The second-order valence-electron chi connectivity index (χ2n) is 5.41. The highest BCUT2D eigenvalue weighted by molar-refractivity contribution is 7.81. The van der Waals surface area contributed by atoms with Crippen LogP contribution in [0.4, 0.5) is 11.4 Å². The van der Waals surface area contributed by atoms with E-state index in [-0.39, 0.29) is 0 Å². The van der Waals surface area contributed by atoms with Crippen molar-refractivity contribution in [2.75, 3.05) is 17.2 Å². The van der Waals surface area contributed by atoms with Crippen molar-refractivity contribution in [2.24, 2.45) is 0 Å². The molecular weight excluding hydrogens is 352 g/mol. The lowest BCUT2D eigenvalue weighted by atomic mass is 10.1. The summed E-state index contributed by atoms with van der Waals surface area (Å²) in [6.45, 7) is 6.72. The minimum atomic E-state index is 0.411. The molecule has 0 amide bonds. The molecule has 25 heavy (non-hydrogen) atoms.